The number of imidazole rings is 1. The van der Waals surface area contributed by atoms with Crippen molar-refractivity contribution < 1.29 is 13.2 Å². The van der Waals surface area contributed by atoms with Crippen LogP contribution < -0.4 is 0 Å². The Kier molecular flexibility index (Phi) is 4.24. The number of halogens is 3. The summed E-state index contributed by atoms with van der Waals surface area (Å²) in [6.45, 7) is 0. The van der Waals surface area contributed by atoms with Crippen LogP contribution in [-0.2, 0) is 13.2 Å². The average molecular weight is 347 g/mol. The van der Waals surface area contributed by atoms with Gasteiger partial charge in [0.1, 0.15) is 5.82 Å². The average Bonchev–Trinajstić information content (AvgIpc) is 2.89. The zero-order chi connectivity index (χ0) is 17.3. The van der Waals surface area contributed by atoms with Gasteiger partial charge in [-0.05, 0) is 24.3 Å². The van der Waals surface area contributed by atoms with Gasteiger partial charge in [0, 0.05) is 29.9 Å². The summed E-state index contributed by atoms with van der Waals surface area (Å²) < 4.78 is 40.4. The van der Waals surface area contributed by atoms with Gasteiger partial charge in [-0.3, -0.25) is 4.98 Å². The topological polar surface area (TPSA) is 30.7 Å². The van der Waals surface area contributed by atoms with Gasteiger partial charge in [-0.2, -0.15) is 13.2 Å². The molecule has 0 fully saturated rings. The normalized spacial score (nSPS) is 11.6. The molecular weight excluding hydrogens is 335 g/mol. The number of hydrogen-bond acceptors (Lipinski definition) is 3. The number of nitrogens with zero attached hydrogens (tertiary/aromatic N) is 3. The molecule has 3 nitrogen and oxygen atoms in total. The number of hydrogen-bond donors (Lipinski definition) is 0. The first-order valence-corrected chi connectivity index (χ1v) is 7.94. The third-order valence-corrected chi connectivity index (χ3v) is 4.49. The van der Waals surface area contributed by atoms with E-state index in [1.54, 1.807) is 30.1 Å². The molecule has 2 heterocycles. The Hall–Kier alpha value is -2.46. The van der Waals surface area contributed by atoms with E-state index in [1.165, 1.54) is 17.8 Å². The van der Waals surface area contributed by atoms with E-state index in [2.05, 4.69) is 15.9 Å². The summed E-state index contributed by atoms with van der Waals surface area (Å²) in [6.07, 6.45) is 4.20. The van der Waals surface area contributed by atoms with Crippen molar-refractivity contribution in [1.29, 1.82) is 0 Å². The number of aryl methyl sites for hydroxylation is 1. The molecule has 0 aliphatic carbocycles. The highest BCUT2D eigenvalue weighted by Crippen LogP contribution is 2.34. The van der Waals surface area contributed by atoms with E-state index in [1.807, 2.05) is 0 Å². The smallest absolute Gasteiger partial charge is 0.327 e. The van der Waals surface area contributed by atoms with Crippen molar-refractivity contribution in [3.8, 4) is 23.7 Å². The maximum Gasteiger partial charge on any atom is 0.416 e. The quantitative estimate of drug-likeness (QED) is 0.520. The summed E-state index contributed by atoms with van der Waals surface area (Å²) in [4.78, 5) is 9.31. The molecule has 24 heavy (non-hydrogen) atoms. The fraction of sp³-hybridized carbons (Fsp3) is 0.176. The second kappa shape index (κ2) is 6.21. The van der Waals surface area contributed by atoms with E-state index < -0.39 is 11.7 Å². The second-order valence-electron chi connectivity index (χ2n) is 5.06. The SMILES string of the molecule is C#CCSc1cnccc1-c1nc2cc(C(F)(F)F)ccc2n1C. The van der Waals surface area contributed by atoms with Crippen LogP contribution in [0.1, 0.15) is 5.56 Å². The number of terminal acetylenes is 1. The maximum atomic E-state index is 12.9. The van der Waals surface area contributed by atoms with E-state index in [-0.39, 0.29) is 0 Å². The number of benzene rings is 1. The van der Waals surface area contributed by atoms with Gasteiger partial charge in [-0.15, -0.1) is 18.2 Å². The first kappa shape index (κ1) is 16.4. The lowest BCUT2D eigenvalue weighted by molar-refractivity contribution is -0.137. The van der Waals surface area contributed by atoms with Gasteiger partial charge in [-0.25, -0.2) is 4.98 Å². The molecule has 1 aromatic carbocycles. The Morgan fingerprint density at radius 1 is 1.29 bits per heavy atom. The maximum absolute atomic E-state index is 12.9. The van der Waals surface area contributed by atoms with Gasteiger partial charge >= 0.3 is 6.18 Å². The lowest BCUT2D eigenvalue weighted by Crippen LogP contribution is -2.04. The highest BCUT2D eigenvalue weighted by Gasteiger charge is 2.31. The molecular formula is C17H12F3N3S. The minimum Gasteiger partial charge on any atom is -0.327 e. The number of rotatable bonds is 3. The minimum atomic E-state index is -4.39. The van der Waals surface area contributed by atoms with Crippen molar-refractivity contribution in [2.75, 3.05) is 5.75 Å². The van der Waals surface area contributed by atoms with Crippen LogP contribution in [0.2, 0.25) is 0 Å². The van der Waals surface area contributed by atoms with Crippen molar-refractivity contribution in [3.05, 3.63) is 42.2 Å². The molecule has 7 heteroatoms. The predicted octanol–water partition coefficient (Wildman–Crippen LogP) is 4.38. The Morgan fingerprint density at radius 3 is 2.79 bits per heavy atom. The minimum absolute atomic E-state index is 0.298. The number of pyridine rings is 1. The van der Waals surface area contributed by atoms with E-state index in [0.29, 0.717) is 22.6 Å². The third-order valence-electron chi connectivity index (χ3n) is 3.54. The van der Waals surface area contributed by atoms with Crippen LogP contribution in [0.5, 0.6) is 0 Å². The molecule has 3 aromatic rings. The molecule has 0 spiro atoms. The standard InChI is InChI=1S/C17H12F3N3S/c1-3-8-24-15-10-21-7-6-12(15)16-22-13-9-11(17(18,19)20)4-5-14(13)23(16)2/h1,4-7,9-10H,8H2,2H3. The molecule has 0 unspecified atom stereocenters. The second-order valence-corrected chi connectivity index (χ2v) is 6.08. The molecule has 0 saturated carbocycles. The van der Waals surface area contributed by atoms with E-state index in [4.69, 9.17) is 6.42 Å². The third kappa shape index (κ3) is 2.97. The zero-order valence-electron chi connectivity index (χ0n) is 12.6. The first-order valence-electron chi connectivity index (χ1n) is 6.96. The molecule has 122 valence electrons. The summed E-state index contributed by atoms with van der Waals surface area (Å²) in [5.41, 5.74) is 1.00. The highest BCUT2D eigenvalue weighted by molar-refractivity contribution is 7.99. The van der Waals surface area contributed by atoms with Gasteiger partial charge in [0.05, 0.1) is 22.3 Å². The van der Waals surface area contributed by atoms with Crippen molar-refractivity contribution >= 4 is 22.8 Å². The first-order chi connectivity index (χ1) is 11.4. The zero-order valence-corrected chi connectivity index (χ0v) is 13.4. The molecule has 0 radical (unpaired) electrons. The highest BCUT2D eigenvalue weighted by atomic mass is 32.2. The molecule has 0 amide bonds. The monoisotopic (exact) mass is 347 g/mol. The predicted molar refractivity (Wildman–Crippen MR) is 88.5 cm³/mol. The van der Waals surface area contributed by atoms with Crippen LogP contribution in [0.4, 0.5) is 13.2 Å². The van der Waals surface area contributed by atoms with Gasteiger partial charge < -0.3 is 4.57 Å². The number of aromatic nitrogens is 3. The Labute approximate surface area is 140 Å². The van der Waals surface area contributed by atoms with E-state index >= 15 is 0 Å². The number of fused-ring (bicyclic) bond motifs is 1. The van der Waals surface area contributed by atoms with Crippen LogP contribution in [0.3, 0.4) is 0 Å². The summed E-state index contributed by atoms with van der Waals surface area (Å²) in [5.74, 6) is 3.59. The van der Waals surface area contributed by atoms with Crippen molar-refractivity contribution in [3.63, 3.8) is 0 Å². The Bertz CT molecular complexity index is 938. The van der Waals surface area contributed by atoms with Crippen molar-refractivity contribution in [1.82, 2.24) is 14.5 Å². The molecule has 0 saturated heterocycles. The molecule has 0 bridgehead atoms. The molecule has 0 aliphatic rings. The fourth-order valence-electron chi connectivity index (χ4n) is 2.42. The molecule has 0 aliphatic heterocycles. The molecule has 0 atom stereocenters. The lowest BCUT2D eigenvalue weighted by Gasteiger charge is -2.07. The Morgan fingerprint density at radius 2 is 2.08 bits per heavy atom. The van der Waals surface area contributed by atoms with E-state index in [9.17, 15) is 13.2 Å². The van der Waals surface area contributed by atoms with Gasteiger partial charge in [0.2, 0.25) is 0 Å². The lowest BCUT2D eigenvalue weighted by atomic mass is 10.2. The largest absolute Gasteiger partial charge is 0.416 e. The van der Waals surface area contributed by atoms with Crippen LogP contribution in [0, 0.1) is 12.3 Å². The van der Waals surface area contributed by atoms with Gasteiger partial charge in [0.15, 0.2) is 0 Å². The number of alkyl halides is 3. The fourth-order valence-corrected chi connectivity index (χ4v) is 3.11. The summed E-state index contributed by atoms with van der Waals surface area (Å²) in [6, 6.07) is 5.34. The van der Waals surface area contributed by atoms with Gasteiger partial charge in [0.25, 0.3) is 0 Å². The van der Waals surface area contributed by atoms with Crippen LogP contribution >= 0.6 is 11.8 Å². The Balaban J connectivity index is 2.15. The summed E-state index contributed by atoms with van der Waals surface area (Å²) in [5, 5.41) is 0. The van der Waals surface area contributed by atoms with E-state index in [0.717, 1.165) is 22.6 Å². The van der Waals surface area contributed by atoms with Crippen LogP contribution in [-0.4, -0.2) is 20.3 Å². The van der Waals surface area contributed by atoms with Crippen molar-refractivity contribution in [2.24, 2.45) is 7.05 Å². The molecule has 3 rings (SSSR count). The molecule has 0 N–H and O–H groups in total. The number of thioether (sulfide) groups is 1. The van der Waals surface area contributed by atoms with Crippen LogP contribution in [0.25, 0.3) is 22.4 Å². The van der Waals surface area contributed by atoms with Crippen molar-refractivity contribution in [2.45, 2.75) is 11.1 Å². The molecule has 2 aromatic heterocycles. The van der Waals surface area contributed by atoms with Gasteiger partial charge in [-0.1, -0.05) is 5.92 Å². The van der Waals surface area contributed by atoms with Crippen LogP contribution in [0.15, 0.2) is 41.6 Å². The summed E-state index contributed by atoms with van der Waals surface area (Å²) in [7, 11) is 1.77. The summed E-state index contributed by atoms with van der Waals surface area (Å²) >= 11 is 1.44.